The second kappa shape index (κ2) is 5.58. The van der Waals surface area contributed by atoms with Crippen molar-refractivity contribution in [1.82, 2.24) is 15.0 Å². The van der Waals surface area contributed by atoms with Crippen LogP contribution in [0.3, 0.4) is 0 Å². The molecule has 2 heterocycles. The molecule has 0 amide bonds. The van der Waals surface area contributed by atoms with Gasteiger partial charge < -0.3 is 10.2 Å². The summed E-state index contributed by atoms with van der Waals surface area (Å²) in [5.41, 5.74) is 2.96. The van der Waals surface area contributed by atoms with E-state index in [1.165, 1.54) is 17.7 Å². The highest BCUT2D eigenvalue weighted by Gasteiger charge is 2.14. The van der Waals surface area contributed by atoms with E-state index >= 15 is 0 Å². The maximum absolute atomic E-state index is 8.88. The summed E-state index contributed by atoms with van der Waals surface area (Å²) in [6.45, 7) is 7.16. The molecule has 0 saturated heterocycles. The molecule has 0 spiro atoms. The summed E-state index contributed by atoms with van der Waals surface area (Å²) in [6.07, 6.45) is 1.50. The van der Waals surface area contributed by atoms with Crippen molar-refractivity contribution in [3.8, 4) is 6.07 Å². The van der Waals surface area contributed by atoms with Crippen LogP contribution in [0.4, 0.5) is 16.6 Å². The first-order valence-electron chi connectivity index (χ1n) is 6.97. The Labute approximate surface area is 140 Å². The van der Waals surface area contributed by atoms with Gasteiger partial charge in [0.15, 0.2) is 5.52 Å². The predicted octanol–water partition coefficient (Wildman–Crippen LogP) is 4.41. The number of thiazole rings is 1. The second-order valence-electron chi connectivity index (χ2n) is 4.95. The van der Waals surface area contributed by atoms with Crippen LogP contribution in [0.25, 0.3) is 26.0 Å². The van der Waals surface area contributed by atoms with Gasteiger partial charge in [0, 0.05) is 5.69 Å². The van der Waals surface area contributed by atoms with E-state index in [2.05, 4.69) is 31.2 Å². The largest absolute Gasteiger partial charge is 0.351 e. The Hall–Kier alpha value is -3.55. The van der Waals surface area contributed by atoms with Gasteiger partial charge in [-0.1, -0.05) is 6.57 Å². The van der Waals surface area contributed by atoms with Crippen molar-refractivity contribution in [1.29, 1.82) is 5.26 Å². The molecule has 2 aromatic heterocycles. The third kappa shape index (κ3) is 2.30. The van der Waals surface area contributed by atoms with Crippen molar-refractivity contribution in [2.24, 2.45) is 0 Å². The second-order valence-corrected chi connectivity index (χ2v) is 5.93. The highest BCUT2D eigenvalue weighted by Crippen LogP contribution is 2.36. The zero-order chi connectivity index (χ0) is 16.5. The van der Waals surface area contributed by atoms with Crippen molar-refractivity contribution in [3.05, 3.63) is 59.7 Å². The first-order chi connectivity index (χ1) is 11.8. The molecule has 0 aliphatic heterocycles. The number of hydrogen-bond donors (Lipinski definition) is 1. The van der Waals surface area contributed by atoms with E-state index in [0.29, 0.717) is 16.5 Å². The average Bonchev–Trinajstić information content (AvgIpc) is 3.06. The van der Waals surface area contributed by atoms with E-state index < -0.39 is 0 Å². The summed E-state index contributed by atoms with van der Waals surface area (Å²) in [7, 11) is 0. The molecule has 0 saturated carbocycles. The highest BCUT2D eigenvalue weighted by atomic mass is 32.1. The van der Waals surface area contributed by atoms with Crippen molar-refractivity contribution in [3.63, 3.8) is 0 Å². The molecule has 0 aliphatic carbocycles. The van der Waals surface area contributed by atoms with Gasteiger partial charge in [-0.25, -0.2) is 9.97 Å². The van der Waals surface area contributed by atoms with Gasteiger partial charge in [0.25, 0.3) is 0 Å². The lowest BCUT2D eigenvalue weighted by molar-refractivity contribution is 1.22. The number of rotatable bonds is 2. The molecular formula is C17H8N6S. The Morgan fingerprint density at radius 3 is 2.62 bits per heavy atom. The summed E-state index contributed by atoms with van der Waals surface area (Å²) in [6, 6.07) is 13.0. The number of aromatic nitrogens is 3. The van der Waals surface area contributed by atoms with Crippen LogP contribution in [0, 0.1) is 17.9 Å². The van der Waals surface area contributed by atoms with Gasteiger partial charge in [-0.2, -0.15) is 5.26 Å². The molecule has 24 heavy (non-hydrogen) atoms. The van der Waals surface area contributed by atoms with Gasteiger partial charge in [-0.15, -0.1) is 16.3 Å². The van der Waals surface area contributed by atoms with Gasteiger partial charge in [0.05, 0.1) is 27.2 Å². The lowest BCUT2D eigenvalue weighted by Gasteiger charge is -2.08. The van der Waals surface area contributed by atoms with E-state index in [4.69, 9.17) is 11.8 Å². The number of nitrogens with zero attached hydrogens (tertiary/aromatic N) is 5. The lowest BCUT2D eigenvalue weighted by Crippen LogP contribution is -1.96. The lowest BCUT2D eigenvalue weighted by atomic mass is 10.2. The standard InChI is InChI=1S/C17H8N6S/c1-19-17-23-13-7-6-12-14(15(13)24-17)16(21-9-20-12)22-11-4-2-10(8-18)3-5-11/h2-7,9H,(H,20,21,22). The summed E-state index contributed by atoms with van der Waals surface area (Å²) < 4.78 is 0.884. The first-order valence-corrected chi connectivity index (χ1v) is 7.79. The third-order valence-corrected chi connectivity index (χ3v) is 4.50. The molecular weight excluding hydrogens is 320 g/mol. The fourth-order valence-corrected chi connectivity index (χ4v) is 3.32. The molecule has 4 rings (SSSR count). The fraction of sp³-hybridized carbons (Fsp3) is 0. The molecule has 0 unspecified atom stereocenters. The molecule has 0 fully saturated rings. The van der Waals surface area contributed by atoms with Crippen molar-refractivity contribution in [2.45, 2.75) is 0 Å². The van der Waals surface area contributed by atoms with Crippen LogP contribution >= 0.6 is 11.3 Å². The van der Waals surface area contributed by atoms with Crippen LogP contribution < -0.4 is 5.32 Å². The molecule has 4 aromatic rings. The molecule has 1 N–H and O–H groups in total. The monoisotopic (exact) mass is 328 g/mol. The van der Waals surface area contributed by atoms with E-state index in [1.54, 1.807) is 12.1 Å². The topological polar surface area (TPSA) is 78.8 Å². The summed E-state index contributed by atoms with van der Waals surface area (Å²) in [5, 5.41) is 13.4. The zero-order valence-corrected chi connectivity index (χ0v) is 13.0. The third-order valence-electron chi connectivity index (χ3n) is 3.52. The molecule has 112 valence electrons. The maximum Gasteiger partial charge on any atom is 0.330 e. The highest BCUT2D eigenvalue weighted by molar-refractivity contribution is 7.23. The minimum Gasteiger partial charge on any atom is -0.351 e. The molecule has 6 nitrogen and oxygen atoms in total. The van der Waals surface area contributed by atoms with Crippen molar-refractivity contribution < 1.29 is 0 Å². The number of hydrogen-bond acceptors (Lipinski definition) is 6. The van der Waals surface area contributed by atoms with Crippen molar-refractivity contribution in [2.75, 3.05) is 5.32 Å². The van der Waals surface area contributed by atoms with E-state index in [9.17, 15) is 0 Å². The van der Waals surface area contributed by atoms with Gasteiger partial charge in [-0.05, 0) is 36.4 Å². The predicted molar refractivity (Wildman–Crippen MR) is 93.4 cm³/mol. The SMILES string of the molecule is [C-]#[N+]c1nc2ccc3ncnc(Nc4ccc(C#N)cc4)c3c2s1. The summed E-state index contributed by atoms with van der Waals surface area (Å²) >= 11 is 1.33. The normalized spacial score (nSPS) is 10.4. The quantitative estimate of drug-likeness (QED) is 0.552. The number of anilines is 2. The van der Waals surface area contributed by atoms with Crippen LogP contribution in [-0.2, 0) is 0 Å². The molecule has 0 radical (unpaired) electrons. The van der Waals surface area contributed by atoms with Gasteiger partial charge >= 0.3 is 5.13 Å². The first kappa shape index (κ1) is 14.1. The van der Waals surface area contributed by atoms with Crippen LogP contribution in [0.2, 0.25) is 0 Å². The minimum absolute atomic E-state index is 0.394. The Bertz CT molecular complexity index is 1150. The van der Waals surface area contributed by atoms with E-state index in [1.807, 2.05) is 24.3 Å². The Morgan fingerprint density at radius 1 is 1.08 bits per heavy atom. The molecule has 2 aromatic carbocycles. The average molecular weight is 328 g/mol. The Morgan fingerprint density at radius 2 is 1.88 bits per heavy atom. The van der Waals surface area contributed by atoms with E-state index in [-0.39, 0.29) is 0 Å². The molecule has 7 heteroatoms. The van der Waals surface area contributed by atoms with Crippen LogP contribution in [-0.4, -0.2) is 15.0 Å². The maximum atomic E-state index is 8.88. The zero-order valence-electron chi connectivity index (χ0n) is 12.2. The fourth-order valence-electron chi connectivity index (χ4n) is 2.43. The Kier molecular flexibility index (Phi) is 3.27. The van der Waals surface area contributed by atoms with Crippen LogP contribution in [0.15, 0.2) is 42.7 Å². The summed E-state index contributed by atoms with van der Waals surface area (Å²) in [4.78, 5) is 16.4. The minimum atomic E-state index is 0.394. The number of benzene rings is 2. The summed E-state index contributed by atoms with van der Waals surface area (Å²) in [5.74, 6) is 0.649. The van der Waals surface area contributed by atoms with Crippen molar-refractivity contribution >= 4 is 49.1 Å². The van der Waals surface area contributed by atoms with Gasteiger partial charge in [-0.3, -0.25) is 0 Å². The van der Waals surface area contributed by atoms with Crippen LogP contribution in [0.5, 0.6) is 0 Å². The molecule has 0 aliphatic rings. The number of nitriles is 1. The van der Waals surface area contributed by atoms with E-state index in [0.717, 1.165) is 26.8 Å². The van der Waals surface area contributed by atoms with Gasteiger partial charge in [0.2, 0.25) is 0 Å². The molecule has 0 atom stereocenters. The smallest absolute Gasteiger partial charge is 0.330 e. The number of nitrogens with one attached hydrogen (secondary N) is 1. The Balaban J connectivity index is 1.89. The molecule has 0 bridgehead atoms. The van der Waals surface area contributed by atoms with Gasteiger partial charge in [0.1, 0.15) is 12.1 Å². The van der Waals surface area contributed by atoms with Crippen LogP contribution in [0.1, 0.15) is 5.56 Å². The number of fused-ring (bicyclic) bond motifs is 3.